The largest absolute Gasteiger partial charge is 0.334 e. The lowest BCUT2D eigenvalue weighted by Crippen LogP contribution is -2.10. The van der Waals surface area contributed by atoms with Crippen LogP contribution in [0.15, 0.2) is 24.3 Å². The first kappa shape index (κ1) is 11.8. The maximum atomic E-state index is 12.9. The van der Waals surface area contributed by atoms with Crippen molar-refractivity contribution in [2.75, 3.05) is 7.05 Å². The average molecular weight is 233 g/mol. The van der Waals surface area contributed by atoms with Crippen molar-refractivity contribution in [3.63, 3.8) is 0 Å². The number of hydrogen-bond donors (Lipinski definition) is 1. The molecular weight excluding hydrogens is 217 g/mol. The van der Waals surface area contributed by atoms with E-state index in [0.29, 0.717) is 0 Å². The minimum absolute atomic E-state index is 0.224. The molecule has 0 spiro atoms. The first-order valence-corrected chi connectivity index (χ1v) is 5.56. The summed E-state index contributed by atoms with van der Waals surface area (Å²) in [5.41, 5.74) is 2.95. The van der Waals surface area contributed by atoms with Gasteiger partial charge in [0, 0.05) is 18.3 Å². The van der Waals surface area contributed by atoms with Gasteiger partial charge in [-0.1, -0.05) is 0 Å². The molecule has 2 aromatic rings. The van der Waals surface area contributed by atoms with E-state index in [1.54, 1.807) is 12.1 Å². The van der Waals surface area contributed by atoms with Crippen LogP contribution < -0.4 is 5.32 Å². The summed E-state index contributed by atoms with van der Waals surface area (Å²) in [4.78, 5) is 4.58. The van der Waals surface area contributed by atoms with E-state index in [1.165, 1.54) is 12.1 Å². The number of nitrogens with zero attached hydrogens (tertiary/aromatic N) is 2. The lowest BCUT2D eigenvalue weighted by molar-refractivity contribution is 0.628. The summed E-state index contributed by atoms with van der Waals surface area (Å²) in [6.07, 6.45) is 0. The molecule has 0 aliphatic carbocycles. The Morgan fingerprint density at radius 2 is 1.94 bits per heavy atom. The highest BCUT2D eigenvalue weighted by Gasteiger charge is 2.11. The van der Waals surface area contributed by atoms with Gasteiger partial charge >= 0.3 is 0 Å². The van der Waals surface area contributed by atoms with Gasteiger partial charge in [-0.25, -0.2) is 9.37 Å². The van der Waals surface area contributed by atoms with E-state index < -0.39 is 0 Å². The Balaban J connectivity index is 2.45. The zero-order chi connectivity index (χ0) is 12.4. The second kappa shape index (κ2) is 4.67. The first-order valence-electron chi connectivity index (χ1n) is 5.56. The summed E-state index contributed by atoms with van der Waals surface area (Å²) < 4.78 is 14.9. The zero-order valence-corrected chi connectivity index (χ0v) is 10.3. The highest BCUT2D eigenvalue weighted by molar-refractivity contribution is 5.62. The van der Waals surface area contributed by atoms with E-state index in [4.69, 9.17) is 0 Å². The minimum Gasteiger partial charge on any atom is -0.334 e. The second-order valence-corrected chi connectivity index (χ2v) is 4.06. The van der Waals surface area contributed by atoms with Crippen LogP contribution in [-0.2, 0) is 13.6 Å². The molecule has 2 rings (SSSR count). The van der Waals surface area contributed by atoms with Gasteiger partial charge in [0.25, 0.3) is 0 Å². The maximum Gasteiger partial charge on any atom is 0.123 e. The number of benzene rings is 1. The van der Waals surface area contributed by atoms with Crippen molar-refractivity contribution < 1.29 is 4.39 Å². The molecule has 1 aromatic carbocycles. The van der Waals surface area contributed by atoms with Crippen LogP contribution in [-0.4, -0.2) is 16.6 Å². The molecule has 4 heteroatoms. The molecule has 3 nitrogen and oxygen atoms in total. The van der Waals surface area contributed by atoms with Crippen molar-refractivity contribution in [1.29, 1.82) is 0 Å². The summed E-state index contributed by atoms with van der Waals surface area (Å²) in [7, 11) is 3.88. The summed E-state index contributed by atoms with van der Waals surface area (Å²) in [5, 5.41) is 3.08. The molecule has 0 aliphatic heterocycles. The summed E-state index contributed by atoms with van der Waals surface area (Å²) >= 11 is 0. The fourth-order valence-corrected chi connectivity index (χ4v) is 1.83. The summed E-state index contributed by atoms with van der Waals surface area (Å²) in [6.45, 7) is 2.74. The lowest BCUT2D eigenvalue weighted by atomic mass is 10.1. The van der Waals surface area contributed by atoms with Crippen LogP contribution in [0.2, 0.25) is 0 Å². The number of hydrogen-bond acceptors (Lipinski definition) is 2. The van der Waals surface area contributed by atoms with E-state index in [2.05, 4.69) is 14.9 Å². The molecule has 1 aromatic heterocycles. The molecule has 0 radical (unpaired) electrons. The van der Waals surface area contributed by atoms with Gasteiger partial charge in [0.2, 0.25) is 0 Å². The third-order valence-electron chi connectivity index (χ3n) is 2.93. The van der Waals surface area contributed by atoms with Crippen molar-refractivity contribution in [3.8, 4) is 11.3 Å². The van der Waals surface area contributed by atoms with Gasteiger partial charge < -0.3 is 9.88 Å². The van der Waals surface area contributed by atoms with Crippen LogP contribution in [0.4, 0.5) is 4.39 Å². The second-order valence-electron chi connectivity index (χ2n) is 4.06. The molecule has 0 amide bonds. The Kier molecular flexibility index (Phi) is 3.24. The van der Waals surface area contributed by atoms with Crippen LogP contribution in [0.5, 0.6) is 0 Å². The molecule has 0 atom stereocenters. The predicted octanol–water partition coefficient (Wildman–Crippen LogP) is 2.25. The summed E-state index contributed by atoms with van der Waals surface area (Å²) in [5.74, 6) is 0.752. The predicted molar refractivity (Wildman–Crippen MR) is 66.1 cm³/mol. The van der Waals surface area contributed by atoms with E-state index >= 15 is 0 Å². The highest BCUT2D eigenvalue weighted by atomic mass is 19.1. The standard InChI is InChI=1S/C13H16FN3/c1-9-13(10-4-6-11(14)7-5-10)16-12(8-15-2)17(9)3/h4-7,15H,8H2,1-3H3. The Bertz CT molecular complexity index is 514. The molecule has 0 aliphatic rings. The van der Waals surface area contributed by atoms with Gasteiger partial charge in [-0.2, -0.15) is 0 Å². The smallest absolute Gasteiger partial charge is 0.123 e. The Morgan fingerprint density at radius 1 is 1.29 bits per heavy atom. The van der Waals surface area contributed by atoms with Gasteiger partial charge in [0.05, 0.1) is 12.2 Å². The zero-order valence-electron chi connectivity index (χ0n) is 10.3. The molecule has 0 fully saturated rings. The van der Waals surface area contributed by atoms with Gasteiger partial charge in [0.1, 0.15) is 11.6 Å². The topological polar surface area (TPSA) is 29.9 Å². The number of nitrogens with one attached hydrogen (secondary N) is 1. The van der Waals surface area contributed by atoms with Gasteiger partial charge in [-0.05, 0) is 38.2 Å². The normalized spacial score (nSPS) is 10.8. The van der Waals surface area contributed by atoms with Crippen molar-refractivity contribution in [2.45, 2.75) is 13.5 Å². The van der Waals surface area contributed by atoms with E-state index in [0.717, 1.165) is 29.3 Å². The van der Waals surface area contributed by atoms with Crippen LogP contribution in [0.25, 0.3) is 11.3 Å². The van der Waals surface area contributed by atoms with Crippen molar-refractivity contribution >= 4 is 0 Å². The molecule has 0 unspecified atom stereocenters. The Labute approximate surface area is 100 Å². The van der Waals surface area contributed by atoms with E-state index in [1.807, 2.05) is 21.0 Å². The van der Waals surface area contributed by atoms with Crippen molar-refractivity contribution in [1.82, 2.24) is 14.9 Å². The van der Waals surface area contributed by atoms with Gasteiger partial charge in [-0.3, -0.25) is 0 Å². The number of halogens is 1. The molecule has 0 saturated carbocycles. The molecular formula is C13H16FN3. The monoisotopic (exact) mass is 233 g/mol. The average Bonchev–Trinajstić information content (AvgIpc) is 2.59. The Hall–Kier alpha value is -1.68. The van der Waals surface area contributed by atoms with E-state index in [-0.39, 0.29) is 5.82 Å². The molecule has 1 N–H and O–H groups in total. The number of rotatable bonds is 3. The Morgan fingerprint density at radius 3 is 2.53 bits per heavy atom. The SMILES string of the molecule is CNCc1nc(-c2ccc(F)cc2)c(C)n1C. The first-order chi connectivity index (χ1) is 8.13. The number of imidazole rings is 1. The van der Waals surface area contributed by atoms with Crippen LogP contribution in [0.3, 0.4) is 0 Å². The molecule has 0 bridgehead atoms. The van der Waals surface area contributed by atoms with Crippen molar-refractivity contribution in [3.05, 3.63) is 41.6 Å². The van der Waals surface area contributed by atoms with Gasteiger partial charge in [0.15, 0.2) is 0 Å². The third kappa shape index (κ3) is 2.22. The van der Waals surface area contributed by atoms with Crippen LogP contribution in [0, 0.1) is 12.7 Å². The highest BCUT2D eigenvalue weighted by Crippen LogP contribution is 2.23. The molecule has 0 saturated heterocycles. The number of aromatic nitrogens is 2. The lowest BCUT2D eigenvalue weighted by Gasteiger charge is -2.01. The maximum absolute atomic E-state index is 12.9. The van der Waals surface area contributed by atoms with Crippen LogP contribution >= 0.6 is 0 Å². The van der Waals surface area contributed by atoms with Crippen LogP contribution in [0.1, 0.15) is 11.5 Å². The fourth-order valence-electron chi connectivity index (χ4n) is 1.83. The quantitative estimate of drug-likeness (QED) is 0.881. The van der Waals surface area contributed by atoms with E-state index in [9.17, 15) is 4.39 Å². The minimum atomic E-state index is -0.224. The third-order valence-corrected chi connectivity index (χ3v) is 2.93. The molecule has 90 valence electrons. The van der Waals surface area contributed by atoms with Gasteiger partial charge in [-0.15, -0.1) is 0 Å². The molecule has 1 heterocycles. The molecule has 17 heavy (non-hydrogen) atoms. The summed E-state index contributed by atoms with van der Waals surface area (Å²) in [6, 6.07) is 6.43. The van der Waals surface area contributed by atoms with Crippen molar-refractivity contribution in [2.24, 2.45) is 7.05 Å². The fraction of sp³-hybridized carbons (Fsp3) is 0.308.